The van der Waals surface area contributed by atoms with Crippen LogP contribution in [0.4, 0.5) is 5.69 Å². The number of carbonyl (C=O) groups excluding carboxylic acids is 3. The van der Waals surface area contributed by atoms with E-state index in [9.17, 15) is 14.4 Å². The van der Waals surface area contributed by atoms with Crippen molar-refractivity contribution in [2.24, 2.45) is 12.0 Å². The molecule has 1 fully saturated rings. The number of aromatic nitrogens is 1. The molecule has 0 N–H and O–H groups in total. The molecule has 2 heterocycles. The largest absolute Gasteiger partial charge is 0.319 e. The van der Waals surface area contributed by atoms with Gasteiger partial charge in [-0.1, -0.05) is 41.7 Å². The monoisotopic (exact) mass is 415 g/mol. The number of thiazole rings is 1. The van der Waals surface area contributed by atoms with E-state index < -0.39 is 0 Å². The molecule has 0 atom stereocenters. The third-order valence-electron chi connectivity index (χ3n) is 5.31. The van der Waals surface area contributed by atoms with Gasteiger partial charge in [-0.05, 0) is 35.7 Å². The topological polar surface area (TPSA) is 71.7 Å². The van der Waals surface area contributed by atoms with Gasteiger partial charge in [0.15, 0.2) is 4.80 Å². The van der Waals surface area contributed by atoms with Gasteiger partial charge in [-0.3, -0.25) is 19.3 Å². The van der Waals surface area contributed by atoms with Crippen molar-refractivity contribution in [3.05, 3.63) is 71.0 Å². The van der Waals surface area contributed by atoms with Crippen molar-refractivity contribution in [2.45, 2.75) is 12.8 Å². The minimum absolute atomic E-state index is 0.215. The molecule has 3 amide bonds. The van der Waals surface area contributed by atoms with E-state index in [0.717, 1.165) is 21.0 Å². The molecular formula is C23H17N3O3S. The SMILES string of the molecule is Cn1c(=NC(=O)c2ccc(N3C(=O)CCC3=O)cc2)sc2ccc3ccccc3c21. The Morgan fingerprint density at radius 1 is 0.933 bits per heavy atom. The van der Waals surface area contributed by atoms with Gasteiger partial charge in [-0.2, -0.15) is 4.99 Å². The fourth-order valence-electron chi connectivity index (χ4n) is 3.79. The molecule has 0 aliphatic carbocycles. The molecule has 0 radical (unpaired) electrons. The molecule has 0 spiro atoms. The van der Waals surface area contributed by atoms with Crippen LogP contribution in [0.2, 0.25) is 0 Å². The summed E-state index contributed by atoms with van der Waals surface area (Å²) in [6.07, 6.45) is 0.456. The Bertz CT molecular complexity index is 1400. The molecule has 0 bridgehead atoms. The number of aryl methyl sites for hydroxylation is 1. The number of benzene rings is 3. The zero-order valence-corrected chi connectivity index (χ0v) is 17.0. The van der Waals surface area contributed by atoms with Crippen molar-refractivity contribution in [3.63, 3.8) is 0 Å². The third-order valence-corrected chi connectivity index (χ3v) is 6.41. The quantitative estimate of drug-likeness (QED) is 0.468. The van der Waals surface area contributed by atoms with Crippen LogP contribution in [0.15, 0.2) is 65.7 Å². The average Bonchev–Trinajstić information content (AvgIpc) is 3.26. The summed E-state index contributed by atoms with van der Waals surface area (Å²) >= 11 is 1.46. The molecule has 1 aliphatic rings. The Labute approximate surface area is 175 Å². The Morgan fingerprint density at radius 2 is 1.63 bits per heavy atom. The summed E-state index contributed by atoms with van der Waals surface area (Å²) < 4.78 is 3.00. The molecular weight excluding hydrogens is 398 g/mol. The number of imide groups is 1. The Kier molecular flexibility index (Phi) is 4.33. The van der Waals surface area contributed by atoms with Crippen LogP contribution in [-0.4, -0.2) is 22.3 Å². The normalized spacial score (nSPS) is 15.0. The molecule has 0 saturated carbocycles. The molecule has 1 aromatic heterocycles. The van der Waals surface area contributed by atoms with Gasteiger partial charge < -0.3 is 4.57 Å². The molecule has 0 unspecified atom stereocenters. The fraction of sp³-hybridized carbons (Fsp3) is 0.130. The number of hydrogen-bond donors (Lipinski definition) is 0. The van der Waals surface area contributed by atoms with Crippen LogP contribution in [0.5, 0.6) is 0 Å². The Balaban J connectivity index is 1.52. The van der Waals surface area contributed by atoms with Crippen molar-refractivity contribution in [2.75, 3.05) is 4.90 Å². The van der Waals surface area contributed by atoms with E-state index in [1.807, 2.05) is 29.8 Å². The molecule has 1 aliphatic heterocycles. The van der Waals surface area contributed by atoms with Crippen LogP contribution in [-0.2, 0) is 16.6 Å². The minimum atomic E-state index is -0.368. The lowest BCUT2D eigenvalue weighted by atomic mass is 10.1. The zero-order valence-electron chi connectivity index (χ0n) is 16.2. The second-order valence-electron chi connectivity index (χ2n) is 7.16. The number of nitrogens with zero attached hydrogens (tertiary/aromatic N) is 3. The van der Waals surface area contributed by atoms with E-state index in [4.69, 9.17) is 0 Å². The number of fused-ring (bicyclic) bond motifs is 3. The maximum Gasteiger partial charge on any atom is 0.279 e. The molecule has 6 nitrogen and oxygen atoms in total. The second-order valence-corrected chi connectivity index (χ2v) is 8.17. The first-order chi connectivity index (χ1) is 14.5. The first-order valence-corrected chi connectivity index (χ1v) is 10.4. The summed E-state index contributed by atoms with van der Waals surface area (Å²) in [4.78, 5) is 42.6. The summed E-state index contributed by atoms with van der Waals surface area (Å²) in [5.41, 5.74) is 1.93. The Hall–Kier alpha value is -3.58. The number of rotatable bonds is 2. The van der Waals surface area contributed by atoms with Crippen LogP contribution in [0.25, 0.3) is 21.0 Å². The van der Waals surface area contributed by atoms with E-state index in [1.54, 1.807) is 24.3 Å². The van der Waals surface area contributed by atoms with E-state index in [0.29, 0.717) is 16.1 Å². The molecule has 148 valence electrons. The lowest BCUT2D eigenvalue weighted by molar-refractivity contribution is -0.121. The van der Waals surface area contributed by atoms with Crippen molar-refractivity contribution >= 4 is 55.7 Å². The van der Waals surface area contributed by atoms with E-state index in [1.165, 1.54) is 16.2 Å². The zero-order chi connectivity index (χ0) is 20.8. The summed E-state index contributed by atoms with van der Waals surface area (Å²) in [6, 6.07) is 18.7. The number of hydrogen-bond acceptors (Lipinski definition) is 4. The van der Waals surface area contributed by atoms with E-state index >= 15 is 0 Å². The highest BCUT2D eigenvalue weighted by Crippen LogP contribution is 2.27. The lowest BCUT2D eigenvalue weighted by Crippen LogP contribution is -2.28. The molecule has 4 aromatic rings. The van der Waals surface area contributed by atoms with Crippen molar-refractivity contribution < 1.29 is 14.4 Å². The predicted octanol–water partition coefficient (Wildman–Crippen LogP) is 3.79. The van der Waals surface area contributed by atoms with Gasteiger partial charge >= 0.3 is 0 Å². The van der Waals surface area contributed by atoms with Crippen LogP contribution >= 0.6 is 11.3 Å². The number of amides is 3. The highest BCUT2D eigenvalue weighted by Gasteiger charge is 2.30. The van der Waals surface area contributed by atoms with Gasteiger partial charge in [-0.25, -0.2) is 0 Å². The first kappa shape index (κ1) is 18.4. The fourth-order valence-corrected chi connectivity index (χ4v) is 4.83. The summed E-state index contributed by atoms with van der Waals surface area (Å²) in [7, 11) is 1.91. The van der Waals surface area contributed by atoms with Gasteiger partial charge in [0.2, 0.25) is 11.8 Å². The van der Waals surface area contributed by atoms with E-state index in [-0.39, 0.29) is 30.6 Å². The maximum absolute atomic E-state index is 12.7. The van der Waals surface area contributed by atoms with E-state index in [2.05, 4.69) is 23.2 Å². The highest BCUT2D eigenvalue weighted by molar-refractivity contribution is 7.16. The maximum atomic E-state index is 12.7. The Morgan fingerprint density at radius 3 is 2.37 bits per heavy atom. The predicted molar refractivity (Wildman–Crippen MR) is 116 cm³/mol. The summed E-state index contributed by atoms with van der Waals surface area (Å²) in [5.74, 6) is -0.798. The number of carbonyl (C=O) groups is 3. The van der Waals surface area contributed by atoms with Crippen molar-refractivity contribution in [3.8, 4) is 0 Å². The van der Waals surface area contributed by atoms with Gasteiger partial charge in [0.25, 0.3) is 5.91 Å². The van der Waals surface area contributed by atoms with Crippen molar-refractivity contribution in [1.82, 2.24) is 4.57 Å². The minimum Gasteiger partial charge on any atom is -0.319 e. The molecule has 30 heavy (non-hydrogen) atoms. The van der Waals surface area contributed by atoms with Gasteiger partial charge in [-0.15, -0.1) is 0 Å². The summed E-state index contributed by atoms with van der Waals surface area (Å²) in [6.45, 7) is 0. The smallest absolute Gasteiger partial charge is 0.279 e. The van der Waals surface area contributed by atoms with Crippen LogP contribution in [0.1, 0.15) is 23.2 Å². The first-order valence-electron chi connectivity index (χ1n) is 9.55. The molecule has 5 rings (SSSR count). The van der Waals surface area contributed by atoms with Crippen LogP contribution in [0, 0.1) is 0 Å². The summed E-state index contributed by atoms with van der Waals surface area (Å²) in [5, 5.41) is 2.25. The molecule has 1 saturated heterocycles. The van der Waals surface area contributed by atoms with Crippen LogP contribution in [0.3, 0.4) is 0 Å². The highest BCUT2D eigenvalue weighted by atomic mass is 32.1. The molecule has 3 aromatic carbocycles. The van der Waals surface area contributed by atoms with Gasteiger partial charge in [0.05, 0.1) is 15.9 Å². The second kappa shape index (κ2) is 7.03. The molecule has 7 heteroatoms. The average molecular weight is 415 g/mol. The number of anilines is 1. The lowest BCUT2D eigenvalue weighted by Gasteiger charge is -2.13. The van der Waals surface area contributed by atoms with Gasteiger partial charge in [0, 0.05) is 30.8 Å². The van der Waals surface area contributed by atoms with Gasteiger partial charge in [0.1, 0.15) is 0 Å². The third kappa shape index (κ3) is 2.95. The van der Waals surface area contributed by atoms with Crippen molar-refractivity contribution in [1.29, 1.82) is 0 Å². The van der Waals surface area contributed by atoms with Crippen LogP contribution < -0.4 is 9.70 Å². The standard InChI is InChI=1S/C23H17N3O3S/c1-25-21-17-5-3-2-4-14(17)8-11-18(21)30-23(25)24-22(29)15-6-9-16(10-7-15)26-19(27)12-13-20(26)28/h2-11H,12-13H2,1H3.